The van der Waals surface area contributed by atoms with E-state index < -0.39 is 0 Å². The number of para-hydroxylation sites is 2. The maximum absolute atomic E-state index is 5.46. The number of hydrogen-bond acceptors (Lipinski definition) is 6. The zero-order chi connectivity index (χ0) is 19.9. The van der Waals surface area contributed by atoms with Gasteiger partial charge in [-0.15, -0.1) is 0 Å². The molecule has 0 atom stereocenters. The van der Waals surface area contributed by atoms with E-state index in [4.69, 9.17) is 18.9 Å². The van der Waals surface area contributed by atoms with Gasteiger partial charge >= 0.3 is 0 Å². The number of benzene rings is 3. The Kier molecular flexibility index (Phi) is 6.11. The molecule has 0 spiro atoms. The van der Waals surface area contributed by atoms with Gasteiger partial charge in [-0.3, -0.25) is 0 Å². The summed E-state index contributed by atoms with van der Waals surface area (Å²) < 4.78 is 21.6. The molecule has 0 bridgehead atoms. The Balaban J connectivity index is 1.78. The molecule has 0 heterocycles. The van der Waals surface area contributed by atoms with E-state index in [-0.39, 0.29) is 0 Å². The number of ether oxygens (including phenoxy) is 4. The van der Waals surface area contributed by atoms with Crippen LogP contribution >= 0.6 is 0 Å². The molecule has 3 aromatic rings. The lowest BCUT2D eigenvalue weighted by Gasteiger charge is -2.16. The Morgan fingerprint density at radius 1 is 0.500 bits per heavy atom. The molecule has 0 aliphatic rings. The molecule has 0 saturated carbocycles. The quantitative estimate of drug-likeness (QED) is 0.559. The van der Waals surface area contributed by atoms with Crippen molar-refractivity contribution in [3.63, 3.8) is 0 Å². The zero-order valence-corrected chi connectivity index (χ0v) is 16.4. The molecule has 2 N–H and O–H groups in total. The summed E-state index contributed by atoms with van der Waals surface area (Å²) in [4.78, 5) is 0. The summed E-state index contributed by atoms with van der Waals surface area (Å²) in [6.45, 7) is 0. The lowest BCUT2D eigenvalue weighted by Crippen LogP contribution is -1.98. The smallest absolute Gasteiger partial charge is 0.184 e. The average Bonchev–Trinajstić information content (AvgIpc) is 2.74. The minimum atomic E-state index is 0.660. The minimum Gasteiger partial charge on any atom is -0.493 e. The monoisotopic (exact) mass is 380 g/mol. The largest absolute Gasteiger partial charge is 0.493 e. The van der Waals surface area contributed by atoms with Crippen molar-refractivity contribution in [3.05, 3.63) is 60.7 Å². The van der Waals surface area contributed by atoms with Gasteiger partial charge in [0.15, 0.2) is 23.0 Å². The molecule has 6 nitrogen and oxygen atoms in total. The third kappa shape index (κ3) is 4.06. The second-order valence-corrected chi connectivity index (χ2v) is 5.91. The van der Waals surface area contributed by atoms with E-state index in [0.717, 1.165) is 22.7 Å². The number of nitrogens with one attached hydrogen (secondary N) is 2. The molecule has 0 radical (unpaired) electrons. The highest BCUT2D eigenvalue weighted by molar-refractivity contribution is 5.73. The lowest BCUT2D eigenvalue weighted by molar-refractivity contribution is 0.356. The van der Waals surface area contributed by atoms with Gasteiger partial charge in [0.05, 0.1) is 39.8 Å². The van der Waals surface area contributed by atoms with E-state index >= 15 is 0 Å². The Labute approximate surface area is 165 Å². The van der Waals surface area contributed by atoms with E-state index in [1.165, 1.54) is 0 Å². The van der Waals surface area contributed by atoms with Crippen LogP contribution in [0.1, 0.15) is 0 Å². The Hall–Kier alpha value is -3.54. The SMILES string of the molecule is COc1cccc(Nc2ccc(Nc3cccc(OC)c3OC)cc2)c1OC. The van der Waals surface area contributed by atoms with Crippen LogP contribution in [-0.2, 0) is 0 Å². The van der Waals surface area contributed by atoms with Gasteiger partial charge in [-0.25, -0.2) is 0 Å². The molecule has 0 aliphatic carbocycles. The molecule has 3 aromatic carbocycles. The fourth-order valence-electron chi connectivity index (χ4n) is 2.92. The molecule has 0 amide bonds. The summed E-state index contributed by atoms with van der Waals surface area (Å²) in [5.41, 5.74) is 3.51. The summed E-state index contributed by atoms with van der Waals surface area (Å²) >= 11 is 0. The predicted molar refractivity (Wildman–Crippen MR) is 112 cm³/mol. The van der Waals surface area contributed by atoms with E-state index in [1.807, 2.05) is 60.7 Å². The van der Waals surface area contributed by atoms with Gasteiger partial charge in [0, 0.05) is 11.4 Å². The molecule has 0 unspecified atom stereocenters. The molecule has 146 valence electrons. The molecule has 6 heteroatoms. The van der Waals surface area contributed by atoms with Crippen LogP contribution in [0.3, 0.4) is 0 Å². The van der Waals surface area contributed by atoms with Crippen molar-refractivity contribution in [1.82, 2.24) is 0 Å². The van der Waals surface area contributed by atoms with Crippen molar-refractivity contribution in [2.75, 3.05) is 39.1 Å². The Bertz CT molecular complexity index is 850. The van der Waals surface area contributed by atoms with Crippen LogP contribution in [0.2, 0.25) is 0 Å². The van der Waals surface area contributed by atoms with Crippen LogP contribution in [0.5, 0.6) is 23.0 Å². The normalized spacial score (nSPS) is 10.1. The summed E-state index contributed by atoms with van der Waals surface area (Å²) in [5, 5.41) is 6.71. The van der Waals surface area contributed by atoms with Crippen molar-refractivity contribution in [2.45, 2.75) is 0 Å². The van der Waals surface area contributed by atoms with Gasteiger partial charge in [0.1, 0.15) is 0 Å². The minimum absolute atomic E-state index is 0.660. The summed E-state index contributed by atoms with van der Waals surface area (Å²) in [5.74, 6) is 2.67. The van der Waals surface area contributed by atoms with Gasteiger partial charge in [-0.05, 0) is 48.5 Å². The first-order valence-corrected chi connectivity index (χ1v) is 8.76. The predicted octanol–water partition coefficient (Wildman–Crippen LogP) is 5.21. The van der Waals surface area contributed by atoms with Gasteiger partial charge in [0.2, 0.25) is 0 Å². The fourth-order valence-corrected chi connectivity index (χ4v) is 2.92. The fraction of sp³-hybridized carbons (Fsp3) is 0.182. The maximum Gasteiger partial charge on any atom is 0.184 e. The first kappa shape index (κ1) is 19.2. The summed E-state index contributed by atoms with van der Waals surface area (Å²) in [6.07, 6.45) is 0. The van der Waals surface area contributed by atoms with Crippen molar-refractivity contribution in [2.24, 2.45) is 0 Å². The number of methoxy groups -OCH3 is 4. The van der Waals surface area contributed by atoms with Gasteiger partial charge < -0.3 is 29.6 Å². The third-order valence-electron chi connectivity index (χ3n) is 4.25. The van der Waals surface area contributed by atoms with Gasteiger partial charge in [-0.2, -0.15) is 0 Å². The van der Waals surface area contributed by atoms with E-state index in [0.29, 0.717) is 23.0 Å². The maximum atomic E-state index is 5.46. The lowest BCUT2D eigenvalue weighted by atomic mass is 10.2. The highest BCUT2D eigenvalue weighted by Gasteiger charge is 2.11. The highest BCUT2D eigenvalue weighted by Crippen LogP contribution is 2.38. The van der Waals surface area contributed by atoms with E-state index in [1.54, 1.807) is 28.4 Å². The van der Waals surface area contributed by atoms with Crippen LogP contribution in [0, 0.1) is 0 Å². The Morgan fingerprint density at radius 3 is 1.21 bits per heavy atom. The second-order valence-electron chi connectivity index (χ2n) is 5.91. The average molecular weight is 380 g/mol. The number of rotatable bonds is 8. The third-order valence-corrected chi connectivity index (χ3v) is 4.25. The molecule has 0 aromatic heterocycles. The van der Waals surface area contributed by atoms with Crippen molar-refractivity contribution < 1.29 is 18.9 Å². The highest BCUT2D eigenvalue weighted by atomic mass is 16.5. The molecule has 0 aliphatic heterocycles. The van der Waals surface area contributed by atoms with Crippen LogP contribution in [-0.4, -0.2) is 28.4 Å². The molecule has 3 rings (SSSR count). The molecular weight excluding hydrogens is 356 g/mol. The van der Waals surface area contributed by atoms with Gasteiger partial charge in [0.25, 0.3) is 0 Å². The summed E-state index contributed by atoms with van der Waals surface area (Å²) in [6, 6.07) is 19.3. The van der Waals surface area contributed by atoms with Crippen LogP contribution < -0.4 is 29.6 Å². The molecule has 0 saturated heterocycles. The first-order valence-electron chi connectivity index (χ1n) is 8.76. The topological polar surface area (TPSA) is 61.0 Å². The first-order chi connectivity index (χ1) is 13.7. The van der Waals surface area contributed by atoms with Crippen LogP contribution in [0.25, 0.3) is 0 Å². The van der Waals surface area contributed by atoms with Crippen molar-refractivity contribution in [3.8, 4) is 23.0 Å². The number of hydrogen-bond donors (Lipinski definition) is 2. The zero-order valence-electron chi connectivity index (χ0n) is 16.4. The van der Waals surface area contributed by atoms with Crippen LogP contribution in [0.4, 0.5) is 22.7 Å². The molecule has 28 heavy (non-hydrogen) atoms. The van der Waals surface area contributed by atoms with E-state index in [2.05, 4.69) is 10.6 Å². The molecular formula is C22H24N2O4. The standard InChI is InChI=1S/C22H24N2O4/c1-25-19-9-5-7-17(21(19)27-3)23-15-11-13-16(14-12-15)24-18-8-6-10-20(26-2)22(18)28-4/h5-14,23-24H,1-4H3. The van der Waals surface area contributed by atoms with E-state index in [9.17, 15) is 0 Å². The molecule has 0 fully saturated rings. The second kappa shape index (κ2) is 8.90. The van der Waals surface area contributed by atoms with Crippen LogP contribution in [0.15, 0.2) is 60.7 Å². The Morgan fingerprint density at radius 2 is 0.893 bits per heavy atom. The van der Waals surface area contributed by atoms with Crippen molar-refractivity contribution >= 4 is 22.7 Å². The number of anilines is 4. The van der Waals surface area contributed by atoms with Crippen molar-refractivity contribution in [1.29, 1.82) is 0 Å². The summed E-state index contributed by atoms with van der Waals surface area (Å²) in [7, 11) is 6.49. The van der Waals surface area contributed by atoms with Gasteiger partial charge in [-0.1, -0.05) is 12.1 Å².